The zero-order chi connectivity index (χ0) is 80.9. The van der Waals surface area contributed by atoms with Crippen LogP contribution >= 0.6 is 139 Å². The fraction of sp³-hybridized carbons (Fsp3) is 0.325. The average Bonchev–Trinajstić information content (AvgIpc) is 1.46. The summed E-state index contributed by atoms with van der Waals surface area (Å²) < 4.78 is 29.6. The molecule has 0 saturated heterocycles. The Balaban J connectivity index is 0.00000143. The van der Waals surface area contributed by atoms with E-state index in [2.05, 4.69) is 305 Å². The zero-order valence-electron chi connectivity index (χ0n) is 64.5. The standard InChI is InChI=1S/C33H16N8.2C13H12O.2C6H14O.12CH3Cl/c1-2-10-18-17(9-1)25-34-27-19-11-3-4-12-20(19)29-36-31-23-15-7-8-16-24(23)32-37-30-22-14-6-5-13-21(22)28-35-26(18)38(25)33(39(27)29,40(28)30)41(31)32;2*1-14-13-10-6-5-9-12(13)11-7-3-2-4-8-11;2*1-3-4-5-6-7-2;12*1-2/h1-16H;2*2-10H,1H3;2*3-6H2,1-2H3;12*1H3/q+2;;;;;;;;;;;;;;;;. The molecule has 0 N–H and O–H groups in total. The highest BCUT2D eigenvalue weighted by Crippen LogP contribution is 2.52. The van der Waals surface area contributed by atoms with Crippen molar-refractivity contribution in [1.82, 2.24) is 9.13 Å². The van der Waals surface area contributed by atoms with Gasteiger partial charge >= 0.3 is 5.91 Å². The van der Waals surface area contributed by atoms with E-state index >= 15 is 0 Å². The van der Waals surface area contributed by atoms with Crippen LogP contribution in [0.4, 0.5) is 11.6 Å². The second kappa shape index (κ2) is 59.9. The van der Waals surface area contributed by atoms with Gasteiger partial charge in [-0.3, -0.25) is 0 Å². The molecule has 24 heteroatoms. The molecule has 8 heterocycles. The fourth-order valence-electron chi connectivity index (χ4n) is 11.9. The van der Waals surface area contributed by atoms with Crippen molar-refractivity contribution in [3.05, 3.63) is 239 Å². The number of hydrogen-bond donors (Lipinski definition) is 0. The quantitative estimate of drug-likeness (QED) is 0.0691. The largest absolute Gasteiger partial charge is 0.496 e. The van der Waals surface area contributed by atoms with E-state index in [0.29, 0.717) is 0 Å². The highest BCUT2D eigenvalue weighted by molar-refractivity contribution is 6.21. The number of nitrogens with zero attached hydrogens (tertiary/aromatic N) is 8. The number of fused-ring (bicyclic) bond motifs is 12. The highest BCUT2D eigenvalue weighted by Gasteiger charge is 2.69. The van der Waals surface area contributed by atoms with Gasteiger partial charge in [0.25, 0.3) is 23.3 Å². The summed E-state index contributed by atoms with van der Waals surface area (Å²) in [6.07, 6.45) is 25.3. The Morgan fingerprint density at radius 2 is 0.570 bits per heavy atom. The Bertz CT molecular complexity index is 4090. The molecule has 0 bridgehead atoms. The SMILES string of the molecule is CCCCCOC.CCCCCOC.CCl.CCl.CCl.CCl.CCl.CCl.CCl.CCl.CCl.CCl.CCl.CCl.COc1ccccc1-c1ccccc1.COc1ccccc1-c1ccccc1.c1ccc2c(c1)C1=Nc3c4ccccc4c4n3C35n6c(c7ccccc7c6=NC6=[N+]3C(=N4)c3ccccc36)=NC2=[N+]15. The van der Waals surface area contributed by atoms with Crippen molar-refractivity contribution in [1.29, 1.82) is 0 Å². The smallest absolute Gasteiger partial charge is 0.404 e. The van der Waals surface area contributed by atoms with Crippen LogP contribution in [0, 0.1) is 0 Å². The second-order valence-corrected chi connectivity index (χ2v) is 20.7. The maximum Gasteiger partial charge on any atom is 0.404 e. The molecule has 582 valence electrons. The number of hydrogen-bond acceptors (Lipinski definition) is 8. The summed E-state index contributed by atoms with van der Waals surface area (Å²) >= 11 is 55.7. The predicted octanol–water partition coefficient (Wildman–Crippen LogP) is 24.3. The van der Waals surface area contributed by atoms with E-state index in [9.17, 15) is 0 Å². The number of alkyl halides is 12. The Morgan fingerprint density at radius 1 is 0.299 bits per heavy atom. The van der Waals surface area contributed by atoms with E-state index in [0.717, 1.165) is 126 Å². The van der Waals surface area contributed by atoms with Gasteiger partial charge in [-0.05, 0) is 84.6 Å². The van der Waals surface area contributed by atoms with Gasteiger partial charge < -0.3 is 18.9 Å². The summed E-state index contributed by atoms with van der Waals surface area (Å²) in [5.41, 5.74) is 10.8. The summed E-state index contributed by atoms with van der Waals surface area (Å²) in [5, 5.41) is 4.33. The molecular formula is C83H104Cl12N8O4+2. The summed E-state index contributed by atoms with van der Waals surface area (Å²) in [6, 6.07) is 70.5. The van der Waals surface area contributed by atoms with Crippen LogP contribution in [0.3, 0.4) is 0 Å². The number of benzene rings is 8. The maximum atomic E-state index is 5.42. The monoisotopic (exact) mass is 1700 g/mol. The van der Waals surface area contributed by atoms with Crippen LogP contribution in [0.1, 0.15) is 74.6 Å². The lowest BCUT2D eigenvalue weighted by molar-refractivity contribution is -0.790. The third-order valence-corrected chi connectivity index (χ3v) is 15.7. The van der Waals surface area contributed by atoms with Crippen molar-refractivity contribution >= 4 is 196 Å². The third kappa shape index (κ3) is 24.1. The Morgan fingerprint density at radius 3 is 0.869 bits per heavy atom. The molecule has 1 spiro atoms. The number of methoxy groups -OCH3 is 4. The molecule has 0 radical (unpaired) electrons. The fourth-order valence-corrected chi connectivity index (χ4v) is 11.9. The van der Waals surface area contributed by atoms with E-state index in [1.807, 2.05) is 72.8 Å². The summed E-state index contributed by atoms with van der Waals surface area (Å²) in [4.78, 5) is 21.7. The van der Waals surface area contributed by atoms with Crippen LogP contribution in [0.15, 0.2) is 226 Å². The summed E-state index contributed by atoms with van der Waals surface area (Å²) in [7, 11) is 6.88. The van der Waals surface area contributed by atoms with Crippen LogP contribution in [0.25, 0.3) is 43.8 Å². The van der Waals surface area contributed by atoms with Gasteiger partial charge in [0.2, 0.25) is 22.6 Å². The van der Waals surface area contributed by atoms with Crippen molar-refractivity contribution in [3.63, 3.8) is 0 Å². The number of unbranched alkanes of at least 4 members (excludes halogenated alkanes) is 4. The summed E-state index contributed by atoms with van der Waals surface area (Å²) in [5.74, 6) is 6.29. The van der Waals surface area contributed by atoms with Crippen LogP contribution in [-0.2, 0) is 15.4 Å². The van der Waals surface area contributed by atoms with E-state index in [1.54, 1.807) is 28.4 Å². The van der Waals surface area contributed by atoms with Gasteiger partial charge in [-0.25, -0.2) is 0 Å². The normalized spacial score (nSPS) is 11.5. The van der Waals surface area contributed by atoms with Crippen LogP contribution < -0.4 is 20.4 Å². The predicted molar refractivity (Wildman–Crippen MR) is 475 cm³/mol. The van der Waals surface area contributed by atoms with Crippen LogP contribution in [0.5, 0.6) is 11.5 Å². The van der Waals surface area contributed by atoms with Crippen molar-refractivity contribution in [2.75, 3.05) is 118 Å². The number of rotatable bonds is 12. The number of aliphatic imine (C=N–C) groups is 2. The van der Waals surface area contributed by atoms with E-state index in [4.69, 9.17) is 38.9 Å². The number of aromatic nitrogens is 2. The average molecular weight is 1700 g/mol. The number of para-hydroxylation sites is 2. The van der Waals surface area contributed by atoms with E-state index in [-0.39, 0.29) is 0 Å². The Hall–Kier alpha value is -5.88. The molecule has 107 heavy (non-hydrogen) atoms. The first kappa shape index (κ1) is 101. The molecule has 10 aromatic rings. The first-order chi connectivity index (χ1) is 53.0. The molecular weight excluding hydrogens is 1600 g/mol. The molecule has 0 unspecified atom stereocenters. The van der Waals surface area contributed by atoms with Gasteiger partial charge in [0.15, 0.2) is 0 Å². The van der Waals surface area contributed by atoms with Gasteiger partial charge in [0.1, 0.15) is 11.5 Å². The van der Waals surface area contributed by atoms with Gasteiger partial charge in [-0.15, -0.1) is 148 Å². The van der Waals surface area contributed by atoms with Crippen molar-refractivity contribution in [3.8, 4) is 33.8 Å². The number of halogens is 12. The molecule has 12 nitrogen and oxygen atoms in total. The lowest BCUT2D eigenvalue weighted by atomic mass is 10.1. The molecule has 0 fully saturated rings. The lowest BCUT2D eigenvalue weighted by Gasteiger charge is -2.40. The Kier molecular flexibility index (Phi) is 56.6. The van der Waals surface area contributed by atoms with Gasteiger partial charge in [0.05, 0.1) is 36.5 Å². The van der Waals surface area contributed by atoms with E-state index in [1.165, 1.54) is 126 Å². The summed E-state index contributed by atoms with van der Waals surface area (Å²) in [6.45, 7) is 6.23. The van der Waals surface area contributed by atoms with Crippen LogP contribution in [-0.4, -0.2) is 160 Å². The van der Waals surface area contributed by atoms with Gasteiger partial charge in [0, 0.05) is 137 Å². The molecule has 0 atom stereocenters. The molecule has 6 aliphatic rings. The number of amidine groups is 4. The lowest BCUT2D eigenvalue weighted by Crippen LogP contribution is -2.71. The van der Waals surface area contributed by atoms with Crippen molar-refractivity contribution in [2.24, 2.45) is 20.0 Å². The first-order valence-electron chi connectivity index (χ1n) is 33.3. The molecule has 0 saturated carbocycles. The maximum absolute atomic E-state index is 5.42. The third-order valence-electron chi connectivity index (χ3n) is 15.7. The molecule has 0 amide bonds. The van der Waals surface area contributed by atoms with Crippen molar-refractivity contribution in [2.45, 2.75) is 58.3 Å². The van der Waals surface area contributed by atoms with E-state index < -0.39 is 5.91 Å². The number of ether oxygens (including phenoxy) is 4. The minimum Gasteiger partial charge on any atom is -0.496 e. The topological polar surface area (TPSA) is 102 Å². The second-order valence-electron chi connectivity index (χ2n) is 20.7. The Labute approximate surface area is 696 Å². The van der Waals surface area contributed by atoms with Gasteiger partial charge in [-0.2, -0.15) is 9.13 Å². The molecule has 16 rings (SSSR count). The minimum atomic E-state index is -0.923. The zero-order valence-corrected chi connectivity index (χ0v) is 73.6. The molecule has 8 aromatic carbocycles. The molecule has 2 aromatic heterocycles. The molecule has 0 aliphatic carbocycles. The molecule has 6 aliphatic heterocycles. The van der Waals surface area contributed by atoms with Crippen molar-refractivity contribution < 1.29 is 28.1 Å². The highest BCUT2D eigenvalue weighted by atomic mass is 35.5. The van der Waals surface area contributed by atoms with Crippen LogP contribution in [0.2, 0.25) is 0 Å². The van der Waals surface area contributed by atoms with Gasteiger partial charge in [-0.1, -0.05) is 205 Å². The minimum absolute atomic E-state index is 0.898. The first-order valence-corrected chi connectivity index (χ1v) is 42.4.